The number of halogens is 1. The van der Waals surface area contributed by atoms with Gasteiger partial charge in [0.1, 0.15) is 0 Å². The van der Waals surface area contributed by atoms with Gasteiger partial charge in [0.05, 0.1) is 18.5 Å². The van der Waals surface area contributed by atoms with E-state index in [9.17, 15) is 4.79 Å². The van der Waals surface area contributed by atoms with Gasteiger partial charge in [0.25, 0.3) is 5.91 Å². The van der Waals surface area contributed by atoms with E-state index in [2.05, 4.69) is 10.5 Å². The monoisotopic (exact) mass is 375 g/mol. The molecule has 0 aliphatic carbocycles. The molecule has 2 rings (SSSR count). The summed E-state index contributed by atoms with van der Waals surface area (Å²) in [6.45, 7) is 2.33. The third-order valence-electron chi connectivity index (χ3n) is 3.35. The van der Waals surface area contributed by atoms with Gasteiger partial charge in [-0.05, 0) is 48.9 Å². The van der Waals surface area contributed by atoms with Gasteiger partial charge in [0.2, 0.25) is 0 Å². The molecule has 0 bridgehead atoms. The second kappa shape index (κ2) is 9.68. The second-order valence-corrected chi connectivity index (χ2v) is 6.03. The van der Waals surface area contributed by atoms with E-state index >= 15 is 0 Å². The molecule has 1 amide bonds. The highest BCUT2D eigenvalue weighted by Gasteiger charge is 2.10. The summed E-state index contributed by atoms with van der Waals surface area (Å²) in [5.74, 6) is 0.955. The number of nitrogens with one attached hydrogen (secondary N) is 1. The van der Waals surface area contributed by atoms with Crippen molar-refractivity contribution in [2.24, 2.45) is 5.10 Å². The van der Waals surface area contributed by atoms with Gasteiger partial charge < -0.3 is 14.4 Å². The second-order valence-electron chi connectivity index (χ2n) is 5.60. The maximum atomic E-state index is 11.7. The van der Waals surface area contributed by atoms with Crippen LogP contribution in [0.15, 0.2) is 47.6 Å². The number of hydrogen-bond acceptors (Lipinski definition) is 5. The Morgan fingerprint density at radius 1 is 1.19 bits per heavy atom. The van der Waals surface area contributed by atoms with Crippen LogP contribution >= 0.6 is 11.6 Å². The minimum Gasteiger partial charge on any atom is -0.490 e. The lowest BCUT2D eigenvalue weighted by Crippen LogP contribution is -2.27. The number of hydrazone groups is 1. The van der Waals surface area contributed by atoms with Crippen molar-refractivity contribution in [1.82, 2.24) is 4.90 Å². The van der Waals surface area contributed by atoms with Crippen LogP contribution in [-0.2, 0) is 4.79 Å². The molecule has 0 aliphatic rings. The van der Waals surface area contributed by atoms with Gasteiger partial charge in [-0.15, -0.1) is 0 Å². The molecule has 1 N–H and O–H groups in total. The molecule has 0 heterocycles. The predicted octanol–water partition coefficient (Wildman–Crippen LogP) is 3.65. The lowest BCUT2D eigenvalue weighted by Gasteiger charge is -2.14. The zero-order valence-corrected chi connectivity index (χ0v) is 15.8. The van der Waals surface area contributed by atoms with Gasteiger partial charge >= 0.3 is 0 Å². The number of benzene rings is 2. The summed E-state index contributed by atoms with van der Waals surface area (Å²) in [5, 5.41) is 4.83. The van der Waals surface area contributed by atoms with Crippen molar-refractivity contribution < 1.29 is 14.3 Å². The molecule has 6 nitrogen and oxygen atoms in total. The number of anilines is 1. The largest absolute Gasteiger partial charge is 0.490 e. The number of carbonyl (C=O) groups excluding carboxylic acids is 1. The SMILES string of the molecule is CCOc1cc(/C=N\Nc2cccc(Cl)c2)ccc1OCC(=O)N(C)C. The quantitative estimate of drug-likeness (QED) is 0.565. The van der Waals surface area contributed by atoms with E-state index in [1.165, 1.54) is 4.90 Å². The van der Waals surface area contributed by atoms with Crippen LogP contribution in [0.1, 0.15) is 12.5 Å². The Hall–Kier alpha value is -2.73. The number of rotatable bonds is 8. The minimum atomic E-state index is -0.121. The molecular weight excluding hydrogens is 354 g/mol. The van der Waals surface area contributed by atoms with Crippen LogP contribution in [0.25, 0.3) is 0 Å². The van der Waals surface area contributed by atoms with Crippen LogP contribution in [0.2, 0.25) is 5.02 Å². The first-order valence-corrected chi connectivity index (χ1v) is 8.52. The number of hydrogen-bond donors (Lipinski definition) is 1. The Kier molecular flexibility index (Phi) is 7.29. The van der Waals surface area contributed by atoms with Crippen LogP contribution < -0.4 is 14.9 Å². The molecule has 138 valence electrons. The first-order valence-electron chi connectivity index (χ1n) is 8.14. The van der Waals surface area contributed by atoms with Crippen LogP contribution in [0.5, 0.6) is 11.5 Å². The molecule has 0 radical (unpaired) electrons. The molecule has 0 saturated heterocycles. The standard InChI is InChI=1S/C19H22ClN3O3/c1-4-25-18-10-14(8-9-17(18)26-13-19(24)23(2)3)12-21-22-16-7-5-6-15(20)11-16/h5-12,22H,4,13H2,1-3H3/b21-12-. The summed E-state index contributed by atoms with van der Waals surface area (Å²) in [5.41, 5.74) is 4.54. The van der Waals surface area contributed by atoms with Crippen LogP contribution in [0.3, 0.4) is 0 Å². The third-order valence-corrected chi connectivity index (χ3v) is 3.58. The molecule has 0 aliphatic heterocycles. The molecule has 26 heavy (non-hydrogen) atoms. The predicted molar refractivity (Wildman–Crippen MR) is 104 cm³/mol. The zero-order chi connectivity index (χ0) is 18.9. The van der Waals surface area contributed by atoms with Gasteiger partial charge in [-0.3, -0.25) is 10.2 Å². The summed E-state index contributed by atoms with van der Waals surface area (Å²) < 4.78 is 11.2. The van der Waals surface area contributed by atoms with Crippen molar-refractivity contribution in [2.75, 3.05) is 32.7 Å². The third kappa shape index (κ3) is 5.97. The average molecular weight is 376 g/mol. The van der Waals surface area contributed by atoms with E-state index < -0.39 is 0 Å². The Morgan fingerprint density at radius 2 is 2.00 bits per heavy atom. The highest BCUT2D eigenvalue weighted by molar-refractivity contribution is 6.30. The average Bonchev–Trinajstić information content (AvgIpc) is 2.61. The van der Waals surface area contributed by atoms with E-state index in [-0.39, 0.29) is 12.5 Å². The zero-order valence-electron chi connectivity index (χ0n) is 15.0. The lowest BCUT2D eigenvalue weighted by atomic mass is 10.2. The number of likely N-dealkylation sites (N-methyl/N-ethyl adjacent to an activating group) is 1. The Balaban J connectivity index is 2.06. The Morgan fingerprint density at radius 3 is 2.69 bits per heavy atom. The van der Waals surface area contributed by atoms with Crippen LogP contribution in [0.4, 0.5) is 5.69 Å². The molecular formula is C19H22ClN3O3. The number of ether oxygens (including phenoxy) is 2. The normalized spacial score (nSPS) is 10.6. The summed E-state index contributed by atoms with van der Waals surface area (Å²) in [7, 11) is 3.36. The first kappa shape index (κ1) is 19.6. The van der Waals surface area contributed by atoms with Gasteiger partial charge in [0, 0.05) is 19.1 Å². The molecule has 0 atom stereocenters. The number of amides is 1. The van der Waals surface area contributed by atoms with Gasteiger partial charge in [0.15, 0.2) is 18.1 Å². The van der Waals surface area contributed by atoms with E-state index in [0.29, 0.717) is 23.1 Å². The van der Waals surface area contributed by atoms with Gasteiger partial charge in [-0.25, -0.2) is 0 Å². The Bertz CT molecular complexity index is 778. The fourth-order valence-corrected chi connectivity index (χ4v) is 2.19. The van der Waals surface area contributed by atoms with Crippen molar-refractivity contribution in [3.8, 4) is 11.5 Å². The van der Waals surface area contributed by atoms with Crippen molar-refractivity contribution in [3.63, 3.8) is 0 Å². The molecule has 0 unspecified atom stereocenters. The van der Waals surface area contributed by atoms with E-state index in [0.717, 1.165) is 11.3 Å². The van der Waals surface area contributed by atoms with E-state index in [1.54, 1.807) is 38.5 Å². The van der Waals surface area contributed by atoms with Crippen molar-refractivity contribution in [2.45, 2.75) is 6.92 Å². The topological polar surface area (TPSA) is 63.2 Å². The minimum absolute atomic E-state index is 0.0448. The van der Waals surface area contributed by atoms with Gasteiger partial charge in [-0.1, -0.05) is 17.7 Å². The molecule has 0 fully saturated rings. The summed E-state index contributed by atoms with van der Waals surface area (Å²) in [6, 6.07) is 12.7. The fraction of sp³-hybridized carbons (Fsp3) is 0.263. The molecule has 0 spiro atoms. The summed E-state index contributed by atoms with van der Waals surface area (Å²) in [4.78, 5) is 13.1. The van der Waals surface area contributed by atoms with Crippen LogP contribution in [-0.4, -0.2) is 44.3 Å². The summed E-state index contributed by atoms with van der Waals surface area (Å²) in [6.07, 6.45) is 1.66. The van der Waals surface area contributed by atoms with Crippen molar-refractivity contribution in [1.29, 1.82) is 0 Å². The highest BCUT2D eigenvalue weighted by Crippen LogP contribution is 2.28. The summed E-state index contributed by atoms with van der Waals surface area (Å²) >= 11 is 5.94. The smallest absolute Gasteiger partial charge is 0.259 e. The lowest BCUT2D eigenvalue weighted by molar-refractivity contribution is -0.130. The van der Waals surface area contributed by atoms with Gasteiger partial charge in [-0.2, -0.15) is 5.10 Å². The molecule has 7 heteroatoms. The number of carbonyl (C=O) groups is 1. The maximum absolute atomic E-state index is 11.7. The van der Waals surface area contributed by atoms with Crippen molar-refractivity contribution in [3.05, 3.63) is 53.1 Å². The first-order chi connectivity index (χ1) is 12.5. The molecule has 2 aromatic rings. The molecule has 2 aromatic carbocycles. The molecule has 0 aromatic heterocycles. The van der Waals surface area contributed by atoms with E-state index in [1.807, 2.05) is 31.2 Å². The van der Waals surface area contributed by atoms with Crippen molar-refractivity contribution >= 4 is 29.4 Å². The fourth-order valence-electron chi connectivity index (χ4n) is 2.00. The van der Waals surface area contributed by atoms with E-state index in [4.69, 9.17) is 21.1 Å². The maximum Gasteiger partial charge on any atom is 0.259 e. The Labute approximate surface area is 158 Å². The molecule has 0 saturated carbocycles. The highest BCUT2D eigenvalue weighted by atomic mass is 35.5. The number of nitrogens with zero attached hydrogens (tertiary/aromatic N) is 2. The van der Waals surface area contributed by atoms with Crippen LogP contribution in [0, 0.1) is 0 Å².